The van der Waals surface area contributed by atoms with E-state index >= 15 is 0 Å². The zero-order chi connectivity index (χ0) is 11.2. The average Bonchev–Trinajstić information content (AvgIpc) is 2.00. The van der Waals surface area contributed by atoms with Crippen LogP contribution >= 0.6 is 11.8 Å². The predicted octanol–water partition coefficient (Wildman–Crippen LogP) is 2.80. The summed E-state index contributed by atoms with van der Waals surface area (Å²) in [5, 5.41) is 11.9. The maximum absolute atomic E-state index is 8.51. The van der Waals surface area contributed by atoms with Crippen molar-refractivity contribution in [1.29, 1.82) is 5.26 Å². The monoisotopic (exact) mass is 214 g/mol. The molecule has 0 aromatic rings. The fourth-order valence-electron chi connectivity index (χ4n) is 1.10. The molecule has 1 N–H and O–H groups in total. The largest absolute Gasteiger partial charge is 0.310 e. The number of nitrogens with one attached hydrogen (secondary N) is 1. The van der Waals surface area contributed by atoms with Crippen LogP contribution in [-0.2, 0) is 0 Å². The molecule has 0 spiro atoms. The van der Waals surface area contributed by atoms with E-state index in [0.29, 0.717) is 23.3 Å². The first-order valence-corrected chi connectivity index (χ1v) is 6.10. The van der Waals surface area contributed by atoms with Crippen molar-refractivity contribution < 1.29 is 0 Å². The van der Waals surface area contributed by atoms with Crippen LogP contribution in [0, 0.1) is 11.3 Å². The van der Waals surface area contributed by atoms with Gasteiger partial charge in [0.15, 0.2) is 0 Å². The van der Waals surface area contributed by atoms with Gasteiger partial charge in [0.25, 0.3) is 0 Å². The van der Waals surface area contributed by atoms with Crippen molar-refractivity contribution in [3.05, 3.63) is 0 Å². The normalized spacial score (nSPS) is 16.0. The molecule has 82 valence electrons. The van der Waals surface area contributed by atoms with Gasteiger partial charge in [-0.15, -0.1) is 0 Å². The van der Waals surface area contributed by atoms with Crippen LogP contribution in [0.2, 0.25) is 0 Å². The molecule has 2 nitrogen and oxygen atoms in total. The highest BCUT2D eigenvalue weighted by Gasteiger charge is 2.13. The molecule has 3 heteroatoms. The SMILES string of the molecule is CC(CC#N)NC(C)CSC(C)(C)C. The van der Waals surface area contributed by atoms with E-state index < -0.39 is 0 Å². The number of hydrogen-bond acceptors (Lipinski definition) is 3. The molecule has 0 radical (unpaired) electrons. The van der Waals surface area contributed by atoms with E-state index in [9.17, 15) is 0 Å². The summed E-state index contributed by atoms with van der Waals surface area (Å²) in [6.07, 6.45) is 0.588. The number of hydrogen-bond donors (Lipinski definition) is 1. The van der Waals surface area contributed by atoms with Gasteiger partial charge in [-0.2, -0.15) is 17.0 Å². The molecule has 0 aliphatic rings. The molecule has 0 amide bonds. The molecule has 0 bridgehead atoms. The Morgan fingerprint density at radius 2 is 1.86 bits per heavy atom. The van der Waals surface area contributed by atoms with E-state index in [1.54, 1.807) is 0 Å². The summed E-state index contributed by atoms with van der Waals surface area (Å²) in [5.41, 5.74) is 0. The maximum Gasteiger partial charge on any atom is 0.0638 e. The lowest BCUT2D eigenvalue weighted by molar-refractivity contribution is 0.499. The molecule has 0 heterocycles. The Balaban J connectivity index is 3.66. The Bertz CT molecular complexity index is 190. The Morgan fingerprint density at radius 3 is 2.29 bits per heavy atom. The number of rotatable bonds is 5. The fourth-order valence-corrected chi connectivity index (χ4v) is 1.95. The molecule has 0 aromatic carbocycles. The van der Waals surface area contributed by atoms with Gasteiger partial charge in [-0.25, -0.2) is 0 Å². The van der Waals surface area contributed by atoms with Crippen LogP contribution in [-0.4, -0.2) is 22.6 Å². The van der Waals surface area contributed by atoms with Gasteiger partial charge >= 0.3 is 0 Å². The van der Waals surface area contributed by atoms with Gasteiger partial charge in [0.2, 0.25) is 0 Å². The molecular formula is C11H22N2S. The van der Waals surface area contributed by atoms with Crippen LogP contribution < -0.4 is 5.32 Å². The van der Waals surface area contributed by atoms with E-state index in [-0.39, 0.29) is 0 Å². The number of thioether (sulfide) groups is 1. The maximum atomic E-state index is 8.51. The lowest BCUT2D eigenvalue weighted by Crippen LogP contribution is -2.36. The summed E-state index contributed by atoms with van der Waals surface area (Å²) in [5.74, 6) is 1.10. The van der Waals surface area contributed by atoms with Crippen LogP contribution in [0.1, 0.15) is 41.0 Å². The number of nitriles is 1. The second-order valence-electron chi connectivity index (χ2n) is 4.75. The van der Waals surface area contributed by atoms with Crippen molar-refractivity contribution in [1.82, 2.24) is 5.32 Å². The highest BCUT2D eigenvalue weighted by molar-refractivity contribution is 8.00. The van der Waals surface area contributed by atoms with Crippen LogP contribution in [0.5, 0.6) is 0 Å². The molecule has 2 unspecified atom stereocenters. The van der Waals surface area contributed by atoms with Crippen molar-refractivity contribution >= 4 is 11.8 Å². The van der Waals surface area contributed by atoms with Crippen LogP contribution in [0.15, 0.2) is 0 Å². The van der Waals surface area contributed by atoms with Gasteiger partial charge < -0.3 is 5.32 Å². The van der Waals surface area contributed by atoms with Crippen LogP contribution in [0.3, 0.4) is 0 Å². The van der Waals surface area contributed by atoms with Crippen LogP contribution in [0.25, 0.3) is 0 Å². The number of nitrogens with zero attached hydrogens (tertiary/aromatic N) is 1. The Morgan fingerprint density at radius 1 is 1.29 bits per heavy atom. The molecule has 0 aliphatic heterocycles. The highest BCUT2D eigenvalue weighted by atomic mass is 32.2. The van der Waals surface area contributed by atoms with Gasteiger partial charge in [-0.05, 0) is 13.8 Å². The Labute approximate surface area is 92.5 Å². The molecular weight excluding hydrogens is 192 g/mol. The first kappa shape index (κ1) is 13.8. The van der Waals surface area contributed by atoms with Crippen LogP contribution in [0.4, 0.5) is 0 Å². The zero-order valence-corrected chi connectivity index (χ0v) is 10.7. The predicted molar refractivity (Wildman–Crippen MR) is 64.5 cm³/mol. The van der Waals surface area contributed by atoms with Crippen molar-refractivity contribution in [2.75, 3.05) is 5.75 Å². The topological polar surface area (TPSA) is 35.8 Å². The summed E-state index contributed by atoms with van der Waals surface area (Å²) in [7, 11) is 0. The lowest BCUT2D eigenvalue weighted by Gasteiger charge is -2.23. The fraction of sp³-hybridized carbons (Fsp3) is 0.909. The Hall–Kier alpha value is -0.200. The minimum Gasteiger partial charge on any atom is -0.310 e. The quantitative estimate of drug-likeness (QED) is 0.764. The second-order valence-corrected chi connectivity index (χ2v) is 6.60. The molecule has 0 aliphatic carbocycles. The first-order chi connectivity index (χ1) is 6.35. The molecule has 0 aromatic heterocycles. The van der Waals surface area contributed by atoms with Crippen molar-refractivity contribution in [2.24, 2.45) is 0 Å². The van der Waals surface area contributed by atoms with E-state index in [4.69, 9.17) is 5.26 Å². The van der Waals surface area contributed by atoms with Gasteiger partial charge in [0.1, 0.15) is 0 Å². The van der Waals surface area contributed by atoms with E-state index in [1.807, 2.05) is 11.8 Å². The molecule has 0 saturated heterocycles. The smallest absolute Gasteiger partial charge is 0.0638 e. The van der Waals surface area contributed by atoms with Gasteiger partial charge in [0, 0.05) is 22.6 Å². The summed E-state index contributed by atoms with van der Waals surface area (Å²) in [6.45, 7) is 10.9. The molecule has 0 rings (SSSR count). The summed E-state index contributed by atoms with van der Waals surface area (Å²) < 4.78 is 0.328. The molecule has 0 fully saturated rings. The average molecular weight is 214 g/mol. The second kappa shape index (κ2) is 6.31. The van der Waals surface area contributed by atoms with Crippen molar-refractivity contribution in [2.45, 2.75) is 57.9 Å². The third-order valence-corrected chi connectivity index (χ3v) is 3.27. The third kappa shape index (κ3) is 8.40. The standard InChI is InChI=1S/C11H22N2S/c1-9(6-7-12)13-10(2)8-14-11(3,4)5/h9-10,13H,6,8H2,1-5H3. The summed E-state index contributed by atoms with van der Waals surface area (Å²) in [6, 6.07) is 2.95. The third-order valence-electron chi connectivity index (χ3n) is 1.73. The lowest BCUT2D eigenvalue weighted by atomic mass is 10.2. The molecule has 0 saturated carbocycles. The molecule has 2 atom stereocenters. The van der Waals surface area contributed by atoms with E-state index in [0.717, 1.165) is 5.75 Å². The van der Waals surface area contributed by atoms with Crippen molar-refractivity contribution in [3.63, 3.8) is 0 Å². The van der Waals surface area contributed by atoms with E-state index in [2.05, 4.69) is 46.0 Å². The highest BCUT2D eigenvalue weighted by Crippen LogP contribution is 2.23. The van der Waals surface area contributed by atoms with Gasteiger partial charge in [-0.1, -0.05) is 20.8 Å². The van der Waals surface area contributed by atoms with E-state index in [1.165, 1.54) is 0 Å². The first-order valence-electron chi connectivity index (χ1n) is 5.12. The zero-order valence-electron chi connectivity index (χ0n) is 9.92. The minimum absolute atomic E-state index is 0.301. The van der Waals surface area contributed by atoms with Gasteiger partial charge in [-0.3, -0.25) is 0 Å². The molecule has 14 heavy (non-hydrogen) atoms. The minimum atomic E-state index is 0.301. The summed E-state index contributed by atoms with van der Waals surface area (Å²) in [4.78, 5) is 0. The summed E-state index contributed by atoms with van der Waals surface area (Å²) >= 11 is 1.96. The Kier molecular flexibility index (Phi) is 6.22. The van der Waals surface area contributed by atoms with Crippen molar-refractivity contribution in [3.8, 4) is 6.07 Å². The van der Waals surface area contributed by atoms with Gasteiger partial charge in [0.05, 0.1) is 12.5 Å².